The first-order valence-electron chi connectivity index (χ1n) is 7.65. The number of aromatic hydroxyl groups is 1. The number of esters is 1. The number of benzene rings is 2. The molecule has 0 saturated carbocycles. The number of ether oxygens (including phenoxy) is 1. The number of alkyl halides is 3. The zero-order valence-electron chi connectivity index (χ0n) is 14.3. The lowest BCUT2D eigenvalue weighted by Gasteiger charge is -2.12. The minimum atomic E-state index is -4.74. The van der Waals surface area contributed by atoms with Gasteiger partial charge in [0.25, 0.3) is 5.70 Å². The Morgan fingerprint density at radius 3 is 2.50 bits per heavy atom. The van der Waals surface area contributed by atoms with Gasteiger partial charge in [0.15, 0.2) is 0 Å². The van der Waals surface area contributed by atoms with Crippen LogP contribution in [-0.2, 0) is 17.3 Å². The van der Waals surface area contributed by atoms with Crippen LogP contribution in [0.3, 0.4) is 0 Å². The number of carbonyl (C=O) groups excluding carboxylic acids is 1. The van der Waals surface area contributed by atoms with Crippen LogP contribution in [0.1, 0.15) is 27.0 Å². The molecule has 0 atom stereocenters. The molecule has 0 radical (unpaired) electrons. The molecule has 0 saturated heterocycles. The highest BCUT2D eigenvalue weighted by atomic mass is 35.5. The van der Waals surface area contributed by atoms with Gasteiger partial charge >= 0.3 is 12.1 Å². The van der Waals surface area contributed by atoms with Crippen molar-refractivity contribution in [1.82, 2.24) is 0 Å². The van der Waals surface area contributed by atoms with Crippen LogP contribution in [0.25, 0.3) is 6.08 Å². The van der Waals surface area contributed by atoms with E-state index in [0.29, 0.717) is 6.07 Å². The van der Waals surface area contributed by atoms with Crippen LogP contribution in [0.2, 0.25) is 5.02 Å². The zero-order chi connectivity index (χ0) is 21.1. The molecule has 1 N–H and O–H groups in total. The van der Waals surface area contributed by atoms with Crippen molar-refractivity contribution in [1.29, 1.82) is 0 Å². The second-order valence-corrected chi connectivity index (χ2v) is 6.07. The number of hydrogen-bond donors (Lipinski definition) is 1. The van der Waals surface area contributed by atoms with Crippen molar-refractivity contribution in [3.63, 3.8) is 0 Å². The van der Waals surface area contributed by atoms with Crippen molar-refractivity contribution in [3.05, 3.63) is 79.5 Å². The van der Waals surface area contributed by atoms with E-state index in [4.69, 9.17) is 11.6 Å². The van der Waals surface area contributed by atoms with Gasteiger partial charge in [-0.25, -0.2) is 4.79 Å². The van der Waals surface area contributed by atoms with Gasteiger partial charge in [0, 0.05) is 16.7 Å². The van der Waals surface area contributed by atoms with Crippen molar-refractivity contribution in [2.24, 2.45) is 0 Å². The van der Waals surface area contributed by atoms with E-state index in [1.165, 1.54) is 18.2 Å². The number of phenols is 1. The van der Waals surface area contributed by atoms with Gasteiger partial charge in [-0.05, 0) is 29.8 Å². The lowest BCUT2D eigenvalue weighted by molar-refractivity contribution is -0.425. The van der Waals surface area contributed by atoms with Gasteiger partial charge in [-0.15, -0.1) is 0 Å². The lowest BCUT2D eigenvalue weighted by Crippen LogP contribution is -2.12. The first-order chi connectivity index (χ1) is 13.0. The third kappa shape index (κ3) is 5.01. The van der Waals surface area contributed by atoms with Gasteiger partial charge in [0.05, 0.1) is 29.6 Å². The first-order valence-corrected chi connectivity index (χ1v) is 8.02. The third-order valence-electron chi connectivity index (χ3n) is 3.76. The molecule has 0 aliphatic carbocycles. The molecule has 2 rings (SSSR count). The predicted molar refractivity (Wildman–Crippen MR) is 94.6 cm³/mol. The van der Waals surface area contributed by atoms with Crippen LogP contribution in [-0.4, -0.2) is 23.1 Å². The molecule has 0 aliphatic rings. The number of nitrogens with zero attached hydrogens (tertiary/aromatic N) is 1. The van der Waals surface area contributed by atoms with Crippen molar-refractivity contribution < 1.29 is 32.7 Å². The summed E-state index contributed by atoms with van der Waals surface area (Å²) >= 11 is 5.61. The van der Waals surface area contributed by atoms with Crippen LogP contribution in [0, 0.1) is 10.1 Å². The summed E-state index contributed by atoms with van der Waals surface area (Å²) in [4.78, 5) is 21.9. The fourth-order valence-electron chi connectivity index (χ4n) is 2.42. The monoisotopic (exact) mass is 415 g/mol. The normalized spacial score (nSPS) is 12.0. The summed E-state index contributed by atoms with van der Waals surface area (Å²) in [5.41, 5.74) is -2.05. The summed E-state index contributed by atoms with van der Waals surface area (Å²) in [5.74, 6) is -1.19. The minimum absolute atomic E-state index is 0.0110. The predicted octanol–water partition coefficient (Wildman–Crippen LogP) is 4.71. The average molecular weight is 416 g/mol. The SMILES string of the molecule is COC(=O)c1ccc(/C=C(/Cc2ccc(Cl)cc2C(F)(F)F)[N+](=O)[O-])c(O)c1. The second kappa shape index (κ2) is 8.30. The van der Waals surface area contributed by atoms with E-state index in [0.717, 1.165) is 25.3 Å². The van der Waals surface area contributed by atoms with Crippen LogP contribution in [0.15, 0.2) is 42.1 Å². The first kappa shape index (κ1) is 21.2. The Bertz CT molecular complexity index is 957. The Labute approximate surface area is 162 Å². The topological polar surface area (TPSA) is 89.7 Å². The Morgan fingerprint density at radius 2 is 1.96 bits per heavy atom. The summed E-state index contributed by atoms with van der Waals surface area (Å²) < 4.78 is 44.1. The smallest absolute Gasteiger partial charge is 0.416 e. The van der Waals surface area contributed by atoms with E-state index < -0.39 is 40.5 Å². The number of allylic oxidation sites excluding steroid dienone is 1. The molecule has 0 bridgehead atoms. The van der Waals surface area contributed by atoms with Gasteiger partial charge < -0.3 is 9.84 Å². The molecule has 0 fully saturated rings. The van der Waals surface area contributed by atoms with E-state index in [2.05, 4.69) is 4.74 Å². The van der Waals surface area contributed by atoms with Crippen molar-refractivity contribution in [2.45, 2.75) is 12.6 Å². The highest BCUT2D eigenvalue weighted by molar-refractivity contribution is 6.30. The second-order valence-electron chi connectivity index (χ2n) is 5.63. The molecule has 0 unspecified atom stereocenters. The fourth-order valence-corrected chi connectivity index (χ4v) is 2.59. The molecule has 6 nitrogen and oxygen atoms in total. The summed E-state index contributed by atoms with van der Waals surface area (Å²) in [7, 11) is 1.14. The molecule has 0 heterocycles. The van der Waals surface area contributed by atoms with Crippen LogP contribution < -0.4 is 0 Å². The maximum atomic E-state index is 13.2. The molecule has 0 aromatic heterocycles. The summed E-state index contributed by atoms with van der Waals surface area (Å²) in [6, 6.07) is 6.47. The van der Waals surface area contributed by atoms with E-state index in [1.807, 2.05) is 0 Å². The minimum Gasteiger partial charge on any atom is -0.507 e. The molecule has 10 heteroatoms. The average Bonchev–Trinajstić information content (AvgIpc) is 2.62. The van der Waals surface area contributed by atoms with E-state index in [-0.39, 0.29) is 21.7 Å². The molecule has 148 valence electrons. The maximum Gasteiger partial charge on any atom is 0.416 e. The molecular weight excluding hydrogens is 403 g/mol. The van der Waals surface area contributed by atoms with Crippen LogP contribution in [0.5, 0.6) is 5.75 Å². The van der Waals surface area contributed by atoms with Crippen molar-refractivity contribution in [3.8, 4) is 5.75 Å². The van der Waals surface area contributed by atoms with E-state index in [1.54, 1.807) is 0 Å². The Kier molecular flexibility index (Phi) is 6.30. The summed E-state index contributed by atoms with van der Waals surface area (Å²) in [6.45, 7) is 0. The molecule has 0 spiro atoms. The molecular formula is C18H13ClF3NO5. The van der Waals surface area contributed by atoms with Crippen molar-refractivity contribution in [2.75, 3.05) is 7.11 Å². The molecule has 0 aliphatic heterocycles. The largest absolute Gasteiger partial charge is 0.507 e. The molecule has 2 aromatic carbocycles. The van der Waals surface area contributed by atoms with Crippen LogP contribution in [0.4, 0.5) is 13.2 Å². The molecule has 28 heavy (non-hydrogen) atoms. The standard InChI is InChI=1S/C18H13ClF3NO5/c1-28-17(25)12-3-2-11(16(24)8-12)7-14(23(26)27)6-10-4-5-13(19)9-15(10)18(20,21)22/h2-5,7-9,24H,6H2,1H3/b14-7-. The fraction of sp³-hybridized carbons (Fsp3) is 0.167. The quantitative estimate of drug-likeness (QED) is 0.434. The van der Waals surface area contributed by atoms with E-state index in [9.17, 15) is 33.2 Å². The number of nitro groups is 1. The highest BCUT2D eigenvalue weighted by Crippen LogP contribution is 2.35. The maximum absolute atomic E-state index is 13.2. The number of methoxy groups -OCH3 is 1. The van der Waals surface area contributed by atoms with Gasteiger partial charge in [-0.2, -0.15) is 13.2 Å². The molecule has 0 amide bonds. The van der Waals surface area contributed by atoms with Crippen molar-refractivity contribution >= 4 is 23.6 Å². The molecule has 2 aromatic rings. The lowest BCUT2D eigenvalue weighted by atomic mass is 10.0. The van der Waals surface area contributed by atoms with Gasteiger partial charge in [-0.1, -0.05) is 23.7 Å². The van der Waals surface area contributed by atoms with E-state index >= 15 is 0 Å². The van der Waals surface area contributed by atoms with Gasteiger partial charge in [-0.3, -0.25) is 10.1 Å². The summed E-state index contributed by atoms with van der Waals surface area (Å²) in [5, 5.41) is 21.2. The number of halogens is 4. The Morgan fingerprint density at radius 1 is 1.29 bits per heavy atom. The summed E-state index contributed by atoms with van der Waals surface area (Å²) in [6.07, 6.45) is -4.46. The number of carbonyl (C=O) groups is 1. The third-order valence-corrected chi connectivity index (χ3v) is 3.99. The zero-order valence-corrected chi connectivity index (χ0v) is 15.0. The Hall–Kier alpha value is -3.07. The van der Waals surface area contributed by atoms with Gasteiger partial charge in [0.2, 0.25) is 0 Å². The van der Waals surface area contributed by atoms with Crippen LogP contribution >= 0.6 is 11.6 Å². The Balaban J connectivity index is 2.46. The van der Waals surface area contributed by atoms with Gasteiger partial charge in [0.1, 0.15) is 5.75 Å². The number of hydrogen-bond acceptors (Lipinski definition) is 5. The highest BCUT2D eigenvalue weighted by Gasteiger charge is 2.34. The number of phenolic OH excluding ortho intramolecular Hbond substituents is 1. The number of rotatable bonds is 5.